The molecule has 0 aliphatic carbocycles. The number of carboxylic acid groups (broad SMARTS) is 1. The highest BCUT2D eigenvalue weighted by Gasteiger charge is 2.03. The van der Waals surface area contributed by atoms with Crippen LogP contribution in [0.1, 0.15) is 16.1 Å². The molecular weight excluding hydrogens is 237 g/mol. The van der Waals surface area contributed by atoms with Gasteiger partial charge in [0.05, 0.1) is 11.3 Å². The monoisotopic (exact) mass is 247 g/mol. The Balaban J connectivity index is 2.00. The minimum atomic E-state index is -1.03. The van der Waals surface area contributed by atoms with Crippen LogP contribution in [0.25, 0.3) is 0 Å². The van der Waals surface area contributed by atoms with Crippen molar-refractivity contribution in [2.45, 2.75) is 6.61 Å². The molecule has 0 spiro atoms. The molecular formula is C13H10FNO3. The van der Waals surface area contributed by atoms with Crippen molar-refractivity contribution >= 4 is 5.97 Å². The second-order valence-corrected chi connectivity index (χ2v) is 3.59. The van der Waals surface area contributed by atoms with Crippen molar-refractivity contribution in [1.82, 2.24) is 4.98 Å². The average molecular weight is 247 g/mol. The van der Waals surface area contributed by atoms with Crippen LogP contribution in [0.2, 0.25) is 0 Å². The van der Waals surface area contributed by atoms with Crippen molar-refractivity contribution in [1.29, 1.82) is 0 Å². The number of hydrogen-bond acceptors (Lipinski definition) is 3. The minimum Gasteiger partial charge on any atom is -0.487 e. The summed E-state index contributed by atoms with van der Waals surface area (Å²) in [5, 5.41) is 8.70. The van der Waals surface area contributed by atoms with Crippen molar-refractivity contribution in [3.8, 4) is 5.75 Å². The Bertz CT molecular complexity index is 554. The standard InChI is InChI=1S/C13H10FNO3/c14-10-2-1-3-12(6-10)18-8-11-5-4-9(7-15-11)13(16)17/h1-7H,8H2,(H,16,17). The topological polar surface area (TPSA) is 59.4 Å². The molecule has 4 nitrogen and oxygen atoms in total. The highest BCUT2D eigenvalue weighted by Crippen LogP contribution is 2.13. The summed E-state index contributed by atoms with van der Waals surface area (Å²) >= 11 is 0. The molecule has 0 saturated carbocycles. The molecule has 0 radical (unpaired) electrons. The van der Waals surface area contributed by atoms with Crippen LogP contribution < -0.4 is 4.74 Å². The third kappa shape index (κ3) is 3.04. The highest BCUT2D eigenvalue weighted by molar-refractivity contribution is 5.87. The number of aromatic nitrogens is 1. The van der Waals surface area contributed by atoms with Gasteiger partial charge in [0.2, 0.25) is 0 Å². The van der Waals surface area contributed by atoms with Crippen LogP contribution in [0.3, 0.4) is 0 Å². The quantitative estimate of drug-likeness (QED) is 0.901. The van der Waals surface area contributed by atoms with Crippen LogP contribution in [0, 0.1) is 5.82 Å². The van der Waals surface area contributed by atoms with E-state index in [0.717, 1.165) is 0 Å². The van der Waals surface area contributed by atoms with Crippen molar-refractivity contribution in [3.63, 3.8) is 0 Å². The Labute approximate surface area is 103 Å². The molecule has 1 N–H and O–H groups in total. The predicted octanol–water partition coefficient (Wildman–Crippen LogP) is 2.50. The summed E-state index contributed by atoms with van der Waals surface area (Å²) in [6.07, 6.45) is 1.26. The maximum atomic E-state index is 12.9. The van der Waals surface area contributed by atoms with E-state index < -0.39 is 5.97 Å². The number of carboxylic acids is 1. The summed E-state index contributed by atoms with van der Waals surface area (Å²) in [5.74, 6) is -0.999. The summed E-state index contributed by atoms with van der Waals surface area (Å²) in [5.41, 5.74) is 0.689. The lowest BCUT2D eigenvalue weighted by Crippen LogP contribution is -2.01. The SMILES string of the molecule is O=C(O)c1ccc(COc2cccc(F)c2)nc1. The van der Waals surface area contributed by atoms with E-state index in [1.807, 2.05) is 0 Å². The molecule has 0 saturated heterocycles. The van der Waals surface area contributed by atoms with E-state index in [4.69, 9.17) is 9.84 Å². The second-order valence-electron chi connectivity index (χ2n) is 3.59. The van der Waals surface area contributed by atoms with E-state index in [0.29, 0.717) is 11.4 Å². The molecule has 0 unspecified atom stereocenters. The number of rotatable bonds is 4. The van der Waals surface area contributed by atoms with Gasteiger partial charge in [-0.05, 0) is 24.3 Å². The Morgan fingerprint density at radius 1 is 1.33 bits per heavy atom. The summed E-state index contributed by atoms with van der Waals surface area (Å²) in [6.45, 7) is 0.156. The molecule has 1 aromatic carbocycles. The lowest BCUT2D eigenvalue weighted by atomic mass is 10.2. The van der Waals surface area contributed by atoms with Gasteiger partial charge in [0.25, 0.3) is 0 Å². The van der Waals surface area contributed by atoms with Gasteiger partial charge in [-0.15, -0.1) is 0 Å². The molecule has 0 bridgehead atoms. The van der Waals surface area contributed by atoms with Crippen molar-refractivity contribution in [3.05, 3.63) is 59.7 Å². The lowest BCUT2D eigenvalue weighted by molar-refractivity contribution is 0.0696. The van der Waals surface area contributed by atoms with Gasteiger partial charge in [0.15, 0.2) is 0 Å². The van der Waals surface area contributed by atoms with Gasteiger partial charge in [-0.2, -0.15) is 0 Å². The number of benzene rings is 1. The zero-order chi connectivity index (χ0) is 13.0. The number of hydrogen-bond donors (Lipinski definition) is 1. The third-order valence-electron chi connectivity index (χ3n) is 2.25. The largest absolute Gasteiger partial charge is 0.487 e. The molecule has 18 heavy (non-hydrogen) atoms. The van der Waals surface area contributed by atoms with Gasteiger partial charge in [-0.25, -0.2) is 9.18 Å². The molecule has 92 valence electrons. The summed E-state index contributed by atoms with van der Waals surface area (Å²) < 4.78 is 18.2. The van der Waals surface area contributed by atoms with E-state index in [2.05, 4.69) is 4.98 Å². The van der Waals surface area contributed by atoms with E-state index in [9.17, 15) is 9.18 Å². The molecule has 0 aliphatic rings. The fourth-order valence-electron chi connectivity index (χ4n) is 1.35. The van der Waals surface area contributed by atoms with Crippen LogP contribution in [0.15, 0.2) is 42.6 Å². The normalized spacial score (nSPS) is 10.1. The summed E-state index contributed by atoms with van der Waals surface area (Å²) in [6, 6.07) is 8.78. The Hall–Kier alpha value is -2.43. The maximum Gasteiger partial charge on any atom is 0.337 e. The predicted molar refractivity (Wildman–Crippen MR) is 61.9 cm³/mol. The molecule has 1 aromatic heterocycles. The van der Waals surface area contributed by atoms with Gasteiger partial charge in [0, 0.05) is 12.3 Å². The van der Waals surface area contributed by atoms with E-state index >= 15 is 0 Å². The van der Waals surface area contributed by atoms with Crippen molar-refractivity contribution in [2.24, 2.45) is 0 Å². The van der Waals surface area contributed by atoms with E-state index in [-0.39, 0.29) is 18.0 Å². The zero-order valence-corrected chi connectivity index (χ0v) is 9.34. The van der Waals surface area contributed by atoms with Gasteiger partial charge < -0.3 is 9.84 Å². The van der Waals surface area contributed by atoms with Crippen molar-refractivity contribution < 1.29 is 19.0 Å². The van der Waals surface area contributed by atoms with E-state index in [1.54, 1.807) is 18.2 Å². The van der Waals surface area contributed by atoms with Crippen LogP contribution in [-0.4, -0.2) is 16.1 Å². The molecule has 5 heteroatoms. The van der Waals surface area contributed by atoms with Gasteiger partial charge >= 0.3 is 5.97 Å². The number of pyridine rings is 1. The molecule has 1 heterocycles. The van der Waals surface area contributed by atoms with Crippen LogP contribution >= 0.6 is 0 Å². The molecule has 0 fully saturated rings. The van der Waals surface area contributed by atoms with Crippen LogP contribution in [0.5, 0.6) is 5.75 Å². The van der Waals surface area contributed by atoms with Crippen LogP contribution in [0.4, 0.5) is 4.39 Å². The number of aromatic carboxylic acids is 1. The number of nitrogens with zero attached hydrogens (tertiary/aromatic N) is 1. The van der Waals surface area contributed by atoms with Crippen LogP contribution in [-0.2, 0) is 6.61 Å². The lowest BCUT2D eigenvalue weighted by Gasteiger charge is -2.05. The fourth-order valence-corrected chi connectivity index (χ4v) is 1.35. The molecule has 0 amide bonds. The molecule has 2 aromatic rings. The fraction of sp³-hybridized carbons (Fsp3) is 0.0769. The maximum absolute atomic E-state index is 12.9. The Morgan fingerprint density at radius 3 is 2.78 bits per heavy atom. The molecule has 2 rings (SSSR count). The Morgan fingerprint density at radius 2 is 2.17 bits per heavy atom. The first-order chi connectivity index (χ1) is 8.65. The first kappa shape index (κ1) is 12.0. The third-order valence-corrected chi connectivity index (χ3v) is 2.25. The first-order valence-corrected chi connectivity index (χ1v) is 5.22. The number of ether oxygens (including phenoxy) is 1. The highest BCUT2D eigenvalue weighted by atomic mass is 19.1. The van der Waals surface area contributed by atoms with E-state index in [1.165, 1.54) is 24.4 Å². The zero-order valence-electron chi connectivity index (χ0n) is 9.34. The number of halogens is 1. The summed E-state index contributed by atoms with van der Waals surface area (Å²) in [4.78, 5) is 14.6. The Kier molecular flexibility index (Phi) is 3.52. The minimum absolute atomic E-state index is 0.115. The van der Waals surface area contributed by atoms with Gasteiger partial charge in [0.1, 0.15) is 18.2 Å². The molecule has 0 atom stereocenters. The molecule has 0 aliphatic heterocycles. The average Bonchev–Trinajstić information content (AvgIpc) is 2.37. The van der Waals surface area contributed by atoms with Gasteiger partial charge in [-0.3, -0.25) is 4.98 Å². The summed E-state index contributed by atoms with van der Waals surface area (Å²) in [7, 11) is 0. The van der Waals surface area contributed by atoms with Gasteiger partial charge in [-0.1, -0.05) is 6.07 Å². The first-order valence-electron chi connectivity index (χ1n) is 5.22. The second kappa shape index (κ2) is 5.27. The number of carbonyl (C=O) groups is 1. The smallest absolute Gasteiger partial charge is 0.337 e. The van der Waals surface area contributed by atoms with Crippen molar-refractivity contribution in [2.75, 3.05) is 0 Å².